The van der Waals surface area contributed by atoms with Crippen LogP contribution >= 0.6 is 12.4 Å². The second-order valence-corrected chi connectivity index (χ2v) is 5.74. The van der Waals surface area contributed by atoms with Crippen LogP contribution in [0, 0.1) is 5.92 Å². The SMILES string of the molecule is Cl.NCCc1ccc(-c2cnn(CC3CCOCC3)c2)cc1. The van der Waals surface area contributed by atoms with E-state index in [9.17, 15) is 0 Å². The molecule has 1 aromatic carbocycles. The normalized spacial score (nSPS) is 15.5. The first kappa shape index (κ1) is 17.0. The molecule has 22 heavy (non-hydrogen) atoms. The average Bonchev–Trinajstić information content (AvgIpc) is 2.98. The Morgan fingerprint density at radius 1 is 1.14 bits per heavy atom. The van der Waals surface area contributed by atoms with Gasteiger partial charge in [-0.3, -0.25) is 4.68 Å². The standard InChI is InChI=1S/C17H23N3O.ClH/c18-8-5-14-1-3-16(4-2-14)17-11-19-20(13-17)12-15-6-9-21-10-7-15;/h1-4,11,13,15H,5-10,12,18H2;1H. The number of aromatic nitrogens is 2. The molecule has 0 unspecified atom stereocenters. The fraction of sp³-hybridized carbons (Fsp3) is 0.471. The zero-order valence-electron chi connectivity index (χ0n) is 12.8. The predicted octanol–water partition coefficient (Wildman–Crippen LogP) is 2.90. The molecular formula is C17H24ClN3O. The third-order valence-electron chi connectivity index (χ3n) is 4.14. The number of hydrogen-bond acceptors (Lipinski definition) is 3. The third kappa shape index (κ3) is 4.32. The molecule has 0 amide bonds. The van der Waals surface area contributed by atoms with Crippen molar-refractivity contribution < 1.29 is 4.74 Å². The van der Waals surface area contributed by atoms with Gasteiger partial charge in [-0.15, -0.1) is 12.4 Å². The zero-order chi connectivity index (χ0) is 14.5. The lowest BCUT2D eigenvalue weighted by molar-refractivity contribution is 0.0601. The van der Waals surface area contributed by atoms with E-state index >= 15 is 0 Å². The number of benzene rings is 1. The highest BCUT2D eigenvalue weighted by atomic mass is 35.5. The third-order valence-corrected chi connectivity index (χ3v) is 4.14. The maximum Gasteiger partial charge on any atom is 0.0568 e. The van der Waals surface area contributed by atoms with E-state index in [1.807, 2.05) is 6.20 Å². The summed E-state index contributed by atoms with van der Waals surface area (Å²) in [5, 5.41) is 4.50. The first-order valence-corrected chi connectivity index (χ1v) is 7.75. The number of hydrogen-bond donors (Lipinski definition) is 1. The maximum absolute atomic E-state index is 5.58. The van der Waals surface area contributed by atoms with Gasteiger partial charge in [0.1, 0.15) is 0 Å². The zero-order valence-corrected chi connectivity index (χ0v) is 13.6. The lowest BCUT2D eigenvalue weighted by atomic mass is 10.0. The highest BCUT2D eigenvalue weighted by Crippen LogP contribution is 2.21. The summed E-state index contributed by atoms with van der Waals surface area (Å²) in [6.45, 7) is 3.47. The predicted molar refractivity (Wildman–Crippen MR) is 91.2 cm³/mol. The second-order valence-electron chi connectivity index (χ2n) is 5.74. The molecule has 4 nitrogen and oxygen atoms in total. The van der Waals surface area contributed by atoms with E-state index in [0.717, 1.165) is 39.0 Å². The van der Waals surface area contributed by atoms with Crippen molar-refractivity contribution in [1.29, 1.82) is 0 Å². The Morgan fingerprint density at radius 3 is 2.55 bits per heavy atom. The first-order valence-electron chi connectivity index (χ1n) is 7.75. The van der Waals surface area contributed by atoms with Crippen LogP contribution in [0.4, 0.5) is 0 Å². The van der Waals surface area contributed by atoms with Gasteiger partial charge in [-0.25, -0.2) is 0 Å². The number of nitrogens with two attached hydrogens (primary N) is 1. The fourth-order valence-electron chi connectivity index (χ4n) is 2.84. The molecule has 1 aromatic heterocycles. The van der Waals surface area contributed by atoms with Crippen LogP contribution in [0.3, 0.4) is 0 Å². The van der Waals surface area contributed by atoms with Crippen LogP contribution in [0.1, 0.15) is 18.4 Å². The molecule has 1 aliphatic rings. The Morgan fingerprint density at radius 2 is 1.86 bits per heavy atom. The Balaban J connectivity index is 0.00000176. The van der Waals surface area contributed by atoms with Crippen LogP contribution in [0.5, 0.6) is 0 Å². The summed E-state index contributed by atoms with van der Waals surface area (Å²) in [5.74, 6) is 0.693. The number of ether oxygens (including phenoxy) is 1. The minimum absolute atomic E-state index is 0. The van der Waals surface area contributed by atoms with E-state index in [2.05, 4.69) is 40.2 Å². The van der Waals surface area contributed by atoms with Crippen molar-refractivity contribution in [3.63, 3.8) is 0 Å². The smallest absolute Gasteiger partial charge is 0.0568 e. The summed E-state index contributed by atoms with van der Waals surface area (Å²) in [6, 6.07) is 8.61. The molecule has 0 bridgehead atoms. The minimum Gasteiger partial charge on any atom is -0.381 e. The molecule has 1 aliphatic heterocycles. The van der Waals surface area contributed by atoms with Crippen LogP contribution < -0.4 is 5.73 Å². The van der Waals surface area contributed by atoms with Crippen molar-refractivity contribution in [2.75, 3.05) is 19.8 Å². The highest BCUT2D eigenvalue weighted by molar-refractivity contribution is 5.85. The van der Waals surface area contributed by atoms with Crippen molar-refractivity contribution in [3.8, 4) is 11.1 Å². The molecule has 2 heterocycles. The van der Waals surface area contributed by atoms with Gasteiger partial charge in [-0.1, -0.05) is 24.3 Å². The number of rotatable bonds is 5. The summed E-state index contributed by atoms with van der Waals surface area (Å²) in [6.07, 6.45) is 7.32. The van der Waals surface area contributed by atoms with Crippen molar-refractivity contribution >= 4 is 12.4 Å². The van der Waals surface area contributed by atoms with Gasteiger partial charge in [0.15, 0.2) is 0 Å². The first-order chi connectivity index (χ1) is 10.3. The van der Waals surface area contributed by atoms with E-state index < -0.39 is 0 Å². The molecule has 2 aromatic rings. The van der Waals surface area contributed by atoms with Gasteiger partial charge in [0.25, 0.3) is 0 Å². The molecule has 0 aliphatic carbocycles. The van der Waals surface area contributed by atoms with Crippen LogP contribution in [-0.2, 0) is 17.7 Å². The van der Waals surface area contributed by atoms with Crippen molar-refractivity contribution in [2.45, 2.75) is 25.8 Å². The minimum atomic E-state index is 0. The molecule has 1 fully saturated rings. The van der Waals surface area contributed by atoms with E-state index in [1.165, 1.54) is 16.7 Å². The molecule has 0 spiro atoms. The molecule has 2 N–H and O–H groups in total. The average molecular weight is 322 g/mol. The van der Waals surface area contributed by atoms with Gasteiger partial charge in [-0.2, -0.15) is 5.10 Å². The van der Waals surface area contributed by atoms with Crippen LogP contribution in [0.25, 0.3) is 11.1 Å². The van der Waals surface area contributed by atoms with Crippen LogP contribution in [0.15, 0.2) is 36.7 Å². The molecule has 0 atom stereocenters. The maximum atomic E-state index is 5.58. The van der Waals surface area contributed by atoms with Gasteiger partial charge < -0.3 is 10.5 Å². The molecule has 0 radical (unpaired) electrons. The summed E-state index contributed by atoms with van der Waals surface area (Å²) in [4.78, 5) is 0. The van der Waals surface area contributed by atoms with Crippen LogP contribution in [0.2, 0.25) is 0 Å². The molecule has 5 heteroatoms. The molecule has 120 valence electrons. The van der Waals surface area contributed by atoms with Crippen molar-refractivity contribution in [3.05, 3.63) is 42.2 Å². The largest absolute Gasteiger partial charge is 0.381 e. The van der Waals surface area contributed by atoms with Gasteiger partial charge in [0.05, 0.1) is 6.20 Å². The van der Waals surface area contributed by atoms with Crippen molar-refractivity contribution in [2.24, 2.45) is 11.7 Å². The fourth-order valence-corrected chi connectivity index (χ4v) is 2.84. The molecule has 1 saturated heterocycles. The Bertz CT molecular complexity index is 562. The topological polar surface area (TPSA) is 53.1 Å². The summed E-state index contributed by atoms with van der Waals surface area (Å²) in [5.41, 5.74) is 9.27. The quantitative estimate of drug-likeness (QED) is 0.921. The van der Waals surface area contributed by atoms with Gasteiger partial charge >= 0.3 is 0 Å². The lowest BCUT2D eigenvalue weighted by Crippen LogP contribution is -2.20. The Hall–Kier alpha value is -1.36. The molecular weight excluding hydrogens is 298 g/mol. The number of halogens is 1. The Kier molecular flexibility index (Phi) is 6.43. The highest BCUT2D eigenvalue weighted by Gasteiger charge is 2.14. The summed E-state index contributed by atoms with van der Waals surface area (Å²) < 4.78 is 7.47. The van der Waals surface area contributed by atoms with Gasteiger partial charge in [0, 0.05) is 31.5 Å². The van der Waals surface area contributed by atoms with E-state index in [1.54, 1.807) is 0 Å². The van der Waals surface area contributed by atoms with Gasteiger partial charge in [-0.05, 0) is 42.9 Å². The van der Waals surface area contributed by atoms with Gasteiger partial charge in [0.2, 0.25) is 0 Å². The van der Waals surface area contributed by atoms with Crippen molar-refractivity contribution in [1.82, 2.24) is 9.78 Å². The second kappa shape index (κ2) is 8.32. The van der Waals surface area contributed by atoms with E-state index in [-0.39, 0.29) is 12.4 Å². The lowest BCUT2D eigenvalue weighted by Gasteiger charge is -2.21. The summed E-state index contributed by atoms with van der Waals surface area (Å²) >= 11 is 0. The monoisotopic (exact) mass is 321 g/mol. The van der Waals surface area contributed by atoms with Crippen LogP contribution in [-0.4, -0.2) is 29.5 Å². The number of nitrogens with zero attached hydrogens (tertiary/aromatic N) is 2. The molecule has 3 rings (SSSR count). The molecule has 0 saturated carbocycles. The van der Waals surface area contributed by atoms with E-state index in [4.69, 9.17) is 10.5 Å². The van der Waals surface area contributed by atoms with E-state index in [0.29, 0.717) is 12.5 Å². The Labute approximate surface area is 138 Å². The summed E-state index contributed by atoms with van der Waals surface area (Å²) in [7, 11) is 0.